The maximum atomic E-state index is 11.8. The van der Waals surface area contributed by atoms with Crippen LogP contribution in [0.4, 0.5) is 5.69 Å². The number of hydrazine groups is 1. The Hall–Kier alpha value is -1.66. The topological polar surface area (TPSA) is 89.3 Å². The lowest BCUT2D eigenvalue weighted by atomic mass is 10.1. The van der Waals surface area contributed by atoms with E-state index in [9.17, 15) is 4.79 Å². The van der Waals surface area contributed by atoms with Crippen LogP contribution in [0, 0.1) is 0 Å². The van der Waals surface area contributed by atoms with E-state index in [0.29, 0.717) is 17.9 Å². The molecule has 1 saturated heterocycles. The first-order valence-electron chi connectivity index (χ1n) is 6.12. The van der Waals surface area contributed by atoms with Crippen molar-refractivity contribution >= 4 is 11.6 Å². The monoisotopic (exact) mass is 250 g/mol. The van der Waals surface area contributed by atoms with Gasteiger partial charge in [0.05, 0.1) is 18.0 Å². The van der Waals surface area contributed by atoms with Crippen LogP contribution in [0.25, 0.3) is 0 Å². The normalized spacial score (nSPS) is 19.3. The molecule has 18 heavy (non-hydrogen) atoms. The molecule has 0 radical (unpaired) electrons. The first-order chi connectivity index (χ1) is 8.79. The van der Waals surface area contributed by atoms with Crippen molar-refractivity contribution in [2.75, 3.05) is 18.6 Å². The Morgan fingerprint density at radius 2 is 2.39 bits per heavy atom. The van der Waals surface area contributed by atoms with E-state index in [1.807, 2.05) is 0 Å². The number of carbonyl (C=O) groups is 1. The molecule has 0 saturated carbocycles. The summed E-state index contributed by atoms with van der Waals surface area (Å²) in [5.74, 6) is 5.04. The molecule has 1 amide bonds. The first kappa shape index (κ1) is 12.8. The number of rotatable bonds is 4. The molecule has 1 aliphatic heterocycles. The van der Waals surface area contributed by atoms with Crippen molar-refractivity contribution in [2.45, 2.75) is 25.4 Å². The van der Waals surface area contributed by atoms with E-state index in [1.54, 1.807) is 12.1 Å². The molecule has 0 bridgehead atoms. The second-order valence-corrected chi connectivity index (χ2v) is 4.28. The third kappa shape index (κ3) is 3.41. The Morgan fingerprint density at radius 3 is 3.00 bits per heavy atom. The van der Waals surface area contributed by atoms with E-state index in [-0.39, 0.29) is 12.0 Å². The maximum absolute atomic E-state index is 11.8. The Balaban J connectivity index is 1.82. The highest BCUT2D eigenvalue weighted by Gasteiger charge is 2.15. The largest absolute Gasteiger partial charge is 0.376 e. The molecular weight excluding hydrogens is 232 g/mol. The van der Waals surface area contributed by atoms with E-state index >= 15 is 0 Å². The van der Waals surface area contributed by atoms with Gasteiger partial charge in [-0.05, 0) is 31.4 Å². The highest BCUT2D eigenvalue weighted by molar-refractivity contribution is 5.92. The standard InChI is InChI=1S/C12H18N4O2/c13-16-9-4-5-11(14-7-9)12(17)15-8-10-3-1-2-6-18-10/h4-5,7,10,16H,1-3,6,8,13H2,(H,15,17). The van der Waals surface area contributed by atoms with Gasteiger partial charge in [0.15, 0.2) is 0 Å². The second kappa shape index (κ2) is 6.32. The number of nitrogens with zero attached hydrogens (tertiary/aromatic N) is 1. The minimum absolute atomic E-state index is 0.132. The number of nitrogen functional groups attached to an aromatic ring is 1. The number of carbonyl (C=O) groups excluding carboxylic acids is 1. The Bertz CT molecular complexity index is 388. The highest BCUT2D eigenvalue weighted by atomic mass is 16.5. The van der Waals surface area contributed by atoms with E-state index in [4.69, 9.17) is 10.6 Å². The van der Waals surface area contributed by atoms with E-state index in [0.717, 1.165) is 25.9 Å². The molecule has 1 fully saturated rings. The fourth-order valence-electron chi connectivity index (χ4n) is 1.88. The lowest BCUT2D eigenvalue weighted by molar-refractivity contribution is 0.0168. The van der Waals surface area contributed by atoms with Crippen molar-refractivity contribution in [1.82, 2.24) is 10.3 Å². The van der Waals surface area contributed by atoms with Gasteiger partial charge in [0.2, 0.25) is 0 Å². The molecule has 4 N–H and O–H groups in total. The van der Waals surface area contributed by atoms with Gasteiger partial charge >= 0.3 is 0 Å². The fraction of sp³-hybridized carbons (Fsp3) is 0.500. The van der Waals surface area contributed by atoms with Crippen molar-refractivity contribution in [3.8, 4) is 0 Å². The predicted octanol–water partition coefficient (Wildman–Crippen LogP) is 0.666. The van der Waals surface area contributed by atoms with Gasteiger partial charge in [0.1, 0.15) is 5.69 Å². The minimum atomic E-state index is -0.187. The van der Waals surface area contributed by atoms with Crippen LogP contribution in [0.1, 0.15) is 29.8 Å². The first-order valence-corrected chi connectivity index (χ1v) is 6.12. The van der Waals surface area contributed by atoms with Gasteiger partial charge in [-0.25, -0.2) is 4.98 Å². The van der Waals surface area contributed by atoms with Crippen LogP contribution in [0.15, 0.2) is 18.3 Å². The van der Waals surface area contributed by atoms with Gasteiger partial charge in [0, 0.05) is 13.2 Å². The number of hydrogen-bond acceptors (Lipinski definition) is 5. The quantitative estimate of drug-likeness (QED) is 0.540. The summed E-state index contributed by atoms with van der Waals surface area (Å²) in [4.78, 5) is 15.8. The summed E-state index contributed by atoms with van der Waals surface area (Å²) in [5.41, 5.74) is 3.51. The maximum Gasteiger partial charge on any atom is 0.269 e. The molecule has 0 spiro atoms. The molecular formula is C12H18N4O2. The minimum Gasteiger partial charge on any atom is -0.376 e. The average molecular weight is 250 g/mol. The number of nitrogens with two attached hydrogens (primary N) is 1. The molecule has 98 valence electrons. The average Bonchev–Trinajstić information content (AvgIpc) is 2.46. The van der Waals surface area contributed by atoms with E-state index in [1.165, 1.54) is 6.20 Å². The number of amides is 1. The van der Waals surface area contributed by atoms with Gasteiger partial charge in [-0.1, -0.05) is 0 Å². The molecule has 1 unspecified atom stereocenters. The van der Waals surface area contributed by atoms with Crippen LogP contribution >= 0.6 is 0 Å². The summed E-state index contributed by atoms with van der Waals surface area (Å²) in [5, 5.41) is 2.83. The van der Waals surface area contributed by atoms with E-state index < -0.39 is 0 Å². The SMILES string of the molecule is NNc1ccc(C(=O)NCC2CCCCO2)nc1. The van der Waals surface area contributed by atoms with Crippen molar-refractivity contribution in [2.24, 2.45) is 5.84 Å². The number of anilines is 1. The third-order valence-electron chi connectivity index (χ3n) is 2.93. The van der Waals surface area contributed by atoms with Crippen LogP contribution in [0.2, 0.25) is 0 Å². The van der Waals surface area contributed by atoms with Crippen LogP contribution in [0.5, 0.6) is 0 Å². The van der Waals surface area contributed by atoms with Crippen molar-refractivity contribution in [3.63, 3.8) is 0 Å². The third-order valence-corrected chi connectivity index (χ3v) is 2.93. The Morgan fingerprint density at radius 1 is 1.50 bits per heavy atom. The van der Waals surface area contributed by atoms with Crippen LogP contribution in [-0.4, -0.2) is 30.1 Å². The fourth-order valence-corrected chi connectivity index (χ4v) is 1.88. The molecule has 0 aromatic carbocycles. The summed E-state index contributed by atoms with van der Waals surface area (Å²) in [6, 6.07) is 3.34. The summed E-state index contributed by atoms with van der Waals surface area (Å²) in [6.45, 7) is 1.33. The van der Waals surface area contributed by atoms with Crippen molar-refractivity contribution < 1.29 is 9.53 Å². The number of nitrogens with one attached hydrogen (secondary N) is 2. The molecule has 0 aliphatic carbocycles. The zero-order chi connectivity index (χ0) is 12.8. The van der Waals surface area contributed by atoms with Crippen LogP contribution < -0.4 is 16.6 Å². The van der Waals surface area contributed by atoms with E-state index in [2.05, 4.69) is 15.7 Å². The smallest absolute Gasteiger partial charge is 0.269 e. The van der Waals surface area contributed by atoms with Gasteiger partial charge in [-0.15, -0.1) is 0 Å². The number of hydrogen-bond donors (Lipinski definition) is 3. The molecule has 1 aromatic heterocycles. The van der Waals surface area contributed by atoms with Gasteiger partial charge in [-0.2, -0.15) is 0 Å². The summed E-state index contributed by atoms with van der Waals surface area (Å²) in [7, 11) is 0. The molecule has 2 rings (SSSR count). The summed E-state index contributed by atoms with van der Waals surface area (Å²) in [6.07, 6.45) is 4.93. The van der Waals surface area contributed by atoms with Gasteiger partial charge < -0.3 is 15.5 Å². The van der Waals surface area contributed by atoms with Crippen LogP contribution in [0.3, 0.4) is 0 Å². The summed E-state index contributed by atoms with van der Waals surface area (Å²) >= 11 is 0. The lowest BCUT2D eigenvalue weighted by Crippen LogP contribution is -2.35. The molecule has 1 atom stereocenters. The number of aromatic nitrogens is 1. The molecule has 6 nitrogen and oxygen atoms in total. The molecule has 2 heterocycles. The number of ether oxygens (including phenoxy) is 1. The zero-order valence-electron chi connectivity index (χ0n) is 10.2. The Kier molecular flexibility index (Phi) is 4.49. The summed E-state index contributed by atoms with van der Waals surface area (Å²) < 4.78 is 5.54. The van der Waals surface area contributed by atoms with Crippen molar-refractivity contribution in [3.05, 3.63) is 24.0 Å². The highest BCUT2D eigenvalue weighted by Crippen LogP contribution is 2.11. The van der Waals surface area contributed by atoms with Crippen molar-refractivity contribution in [1.29, 1.82) is 0 Å². The number of pyridine rings is 1. The van der Waals surface area contributed by atoms with Gasteiger partial charge in [-0.3, -0.25) is 10.6 Å². The molecule has 6 heteroatoms. The molecule has 1 aliphatic rings. The molecule has 1 aromatic rings. The van der Waals surface area contributed by atoms with Gasteiger partial charge in [0.25, 0.3) is 5.91 Å². The van der Waals surface area contributed by atoms with Crippen LogP contribution in [-0.2, 0) is 4.74 Å². The zero-order valence-corrected chi connectivity index (χ0v) is 10.2. The lowest BCUT2D eigenvalue weighted by Gasteiger charge is -2.22. The Labute approximate surface area is 106 Å². The predicted molar refractivity (Wildman–Crippen MR) is 68.0 cm³/mol. The second-order valence-electron chi connectivity index (χ2n) is 4.28.